The van der Waals surface area contributed by atoms with E-state index in [4.69, 9.17) is 14.0 Å². The molecule has 0 atom stereocenters. The Morgan fingerprint density at radius 1 is 1.00 bits per heavy atom. The Morgan fingerprint density at radius 3 is 1.80 bits per heavy atom. The predicted octanol–water partition coefficient (Wildman–Crippen LogP) is 1.80. The van der Waals surface area contributed by atoms with E-state index in [0.717, 1.165) is 19.3 Å². The van der Waals surface area contributed by atoms with Crippen LogP contribution in [-0.2, 0) is 14.0 Å². The van der Waals surface area contributed by atoms with Gasteiger partial charge in [-0.2, -0.15) is 0 Å². The first kappa shape index (κ1) is 14.9. The third-order valence-corrected chi connectivity index (χ3v) is 3.08. The van der Waals surface area contributed by atoms with Gasteiger partial charge < -0.3 is 14.0 Å². The number of nitrogens with one attached hydrogen (secondary N) is 1. The Morgan fingerprint density at radius 2 is 1.47 bits per heavy atom. The van der Waals surface area contributed by atoms with Crippen molar-refractivity contribution in [2.24, 2.45) is 0 Å². The topological polar surface area (TPSA) is 39.7 Å². The maximum atomic E-state index is 5.35. The first-order valence-electron chi connectivity index (χ1n) is 5.60. The zero-order chi connectivity index (χ0) is 11.7. The van der Waals surface area contributed by atoms with Gasteiger partial charge in [0.25, 0.3) is 0 Å². The minimum absolute atomic E-state index is 0.173. The van der Waals surface area contributed by atoms with Crippen molar-refractivity contribution >= 4 is 7.32 Å². The van der Waals surface area contributed by atoms with E-state index in [0.29, 0.717) is 6.73 Å². The van der Waals surface area contributed by atoms with E-state index < -0.39 is 7.32 Å². The van der Waals surface area contributed by atoms with Gasteiger partial charge in [0.2, 0.25) is 0 Å². The molecular weight excluding hydrogens is 193 g/mol. The minimum Gasteiger partial charge on any atom is -0.389 e. The number of hydrogen-bond acceptors (Lipinski definition) is 4. The minimum atomic E-state index is -0.583. The van der Waals surface area contributed by atoms with E-state index in [-0.39, 0.29) is 5.54 Å². The Labute approximate surface area is 93.8 Å². The fraction of sp³-hybridized carbons (Fsp3) is 1.00. The van der Waals surface area contributed by atoms with Crippen molar-refractivity contribution in [3.05, 3.63) is 0 Å². The Bertz CT molecular complexity index is 141. The Hall–Kier alpha value is -0.0951. The summed E-state index contributed by atoms with van der Waals surface area (Å²) in [5.74, 6) is 0. The van der Waals surface area contributed by atoms with Crippen molar-refractivity contribution in [1.82, 2.24) is 5.32 Å². The van der Waals surface area contributed by atoms with Crippen LogP contribution in [0.3, 0.4) is 0 Å². The zero-order valence-corrected chi connectivity index (χ0v) is 10.6. The number of rotatable bonds is 9. The molecule has 0 unspecified atom stereocenters. The number of hydrogen-bond donors (Lipinski definition) is 1. The highest BCUT2D eigenvalue weighted by molar-refractivity contribution is 6.36. The fourth-order valence-corrected chi connectivity index (χ4v) is 1.62. The molecule has 0 heterocycles. The summed E-state index contributed by atoms with van der Waals surface area (Å²) in [5, 5.41) is 3.40. The van der Waals surface area contributed by atoms with Crippen LogP contribution < -0.4 is 5.32 Å². The molecule has 90 valence electrons. The zero-order valence-electron chi connectivity index (χ0n) is 10.6. The highest BCUT2D eigenvalue weighted by Gasteiger charge is 2.24. The van der Waals surface area contributed by atoms with E-state index in [1.165, 1.54) is 0 Å². The van der Waals surface area contributed by atoms with Crippen LogP contribution in [0.5, 0.6) is 0 Å². The molecule has 5 heteroatoms. The maximum Gasteiger partial charge on any atom is 0.639 e. The molecule has 0 aromatic carbocycles. The summed E-state index contributed by atoms with van der Waals surface area (Å²) < 4.78 is 15.2. The van der Waals surface area contributed by atoms with Crippen molar-refractivity contribution in [3.63, 3.8) is 0 Å². The van der Waals surface area contributed by atoms with Crippen molar-refractivity contribution in [1.29, 1.82) is 0 Å². The molecule has 0 aliphatic carbocycles. The molecule has 0 rings (SSSR count). The van der Waals surface area contributed by atoms with Gasteiger partial charge in [-0.3, -0.25) is 5.32 Å². The highest BCUT2D eigenvalue weighted by atomic mass is 16.7. The monoisotopic (exact) mass is 217 g/mol. The van der Waals surface area contributed by atoms with Crippen molar-refractivity contribution in [2.75, 3.05) is 21.0 Å². The van der Waals surface area contributed by atoms with Crippen LogP contribution in [0.1, 0.15) is 40.0 Å². The SMILES string of the molecule is CCC(CC)(CC)NCOB(OC)OC. The molecule has 0 amide bonds. The molecule has 4 nitrogen and oxygen atoms in total. The summed E-state index contributed by atoms with van der Waals surface area (Å²) in [4.78, 5) is 0. The van der Waals surface area contributed by atoms with Gasteiger partial charge >= 0.3 is 7.32 Å². The molecule has 0 aliphatic heterocycles. The summed E-state index contributed by atoms with van der Waals surface area (Å²) >= 11 is 0. The van der Waals surface area contributed by atoms with Crippen LogP contribution in [0, 0.1) is 0 Å². The summed E-state index contributed by atoms with van der Waals surface area (Å²) in [7, 11) is 2.53. The van der Waals surface area contributed by atoms with Crippen LogP contribution in [-0.4, -0.2) is 33.8 Å². The molecule has 0 aliphatic rings. The van der Waals surface area contributed by atoms with Crippen LogP contribution in [0.2, 0.25) is 0 Å². The molecule has 0 radical (unpaired) electrons. The summed E-state index contributed by atoms with van der Waals surface area (Å²) in [6.45, 7) is 7.00. The van der Waals surface area contributed by atoms with Gasteiger partial charge in [-0.1, -0.05) is 20.8 Å². The lowest BCUT2D eigenvalue weighted by atomic mass is 9.90. The van der Waals surface area contributed by atoms with Crippen molar-refractivity contribution in [2.45, 2.75) is 45.6 Å². The van der Waals surface area contributed by atoms with E-state index in [1.807, 2.05) is 0 Å². The van der Waals surface area contributed by atoms with E-state index in [9.17, 15) is 0 Å². The maximum absolute atomic E-state index is 5.35. The highest BCUT2D eigenvalue weighted by Crippen LogP contribution is 2.18. The van der Waals surface area contributed by atoms with E-state index in [2.05, 4.69) is 26.1 Å². The molecule has 0 aromatic rings. The lowest BCUT2D eigenvalue weighted by Crippen LogP contribution is -2.46. The molecule has 0 saturated heterocycles. The second-order valence-electron chi connectivity index (χ2n) is 3.59. The van der Waals surface area contributed by atoms with Gasteiger partial charge in [0.05, 0.1) is 6.73 Å². The lowest BCUT2D eigenvalue weighted by molar-refractivity contribution is 0.104. The van der Waals surface area contributed by atoms with Crippen molar-refractivity contribution < 1.29 is 14.0 Å². The van der Waals surface area contributed by atoms with Gasteiger partial charge in [-0.15, -0.1) is 0 Å². The standard InChI is InChI=1S/C10H24BNO3/c1-6-10(7-2,8-3)12-9-15-11(13-4)14-5/h12H,6-9H2,1-5H3. The van der Waals surface area contributed by atoms with Gasteiger partial charge in [-0.25, -0.2) is 0 Å². The molecule has 0 aromatic heterocycles. The van der Waals surface area contributed by atoms with Crippen LogP contribution in [0.15, 0.2) is 0 Å². The second-order valence-corrected chi connectivity index (χ2v) is 3.59. The smallest absolute Gasteiger partial charge is 0.389 e. The first-order chi connectivity index (χ1) is 7.17. The molecule has 15 heavy (non-hydrogen) atoms. The van der Waals surface area contributed by atoms with Gasteiger partial charge in [0, 0.05) is 19.8 Å². The third kappa shape index (κ3) is 4.97. The van der Waals surface area contributed by atoms with E-state index in [1.54, 1.807) is 14.2 Å². The second kappa shape index (κ2) is 8.10. The Kier molecular flexibility index (Phi) is 8.05. The van der Waals surface area contributed by atoms with Gasteiger partial charge in [-0.05, 0) is 19.3 Å². The molecule has 0 fully saturated rings. The normalized spacial score (nSPS) is 11.8. The summed E-state index contributed by atoms with van der Waals surface area (Å²) in [5.41, 5.74) is 0.173. The van der Waals surface area contributed by atoms with Gasteiger partial charge in [0.1, 0.15) is 0 Å². The molecular formula is C10H24BNO3. The third-order valence-electron chi connectivity index (χ3n) is 3.08. The molecule has 0 saturated carbocycles. The predicted molar refractivity (Wildman–Crippen MR) is 62.5 cm³/mol. The van der Waals surface area contributed by atoms with Crippen LogP contribution >= 0.6 is 0 Å². The van der Waals surface area contributed by atoms with Gasteiger partial charge in [0.15, 0.2) is 0 Å². The van der Waals surface area contributed by atoms with Crippen LogP contribution in [0.4, 0.5) is 0 Å². The largest absolute Gasteiger partial charge is 0.639 e. The average Bonchev–Trinajstić information content (AvgIpc) is 2.31. The average molecular weight is 217 g/mol. The Balaban J connectivity index is 3.89. The van der Waals surface area contributed by atoms with E-state index >= 15 is 0 Å². The summed E-state index contributed by atoms with van der Waals surface area (Å²) in [6.07, 6.45) is 3.27. The van der Waals surface area contributed by atoms with Crippen molar-refractivity contribution in [3.8, 4) is 0 Å². The van der Waals surface area contributed by atoms with Crippen LogP contribution in [0.25, 0.3) is 0 Å². The first-order valence-corrected chi connectivity index (χ1v) is 5.60. The molecule has 1 N–H and O–H groups in total. The molecule has 0 bridgehead atoms. The quantitative estimate of drug-likeness (QED) is 0.472. The molecule has 0 spiro atoms. The summed E-state index contributed by atoms with van der Waals surface area (Å²) in [6, 6.07) is 0. The lowest BCUT2D eigenvalue weighted by Gasteiger charge is -2.32. The fourth-order valence-electron chi connectivity index (χ4n) is 1.62.